The minimum absolute atomic E-state index is 0.0195. The van der Waals surface area contributed by atoms with Gasteiger partial charge in [-0.15, -0.1) is 0 Å². The first-order valence-corrected chi connectivity index (χ1v) is 10.1. The molecule has 0 aliphatic rings. The standard InChI is InChI=1S/C23H14ClF3N6/c24-14-7-8-15(17(10-14)23(25,26)27)20-11-19(13-4-3-9-28-12-13)29-22(30-20)31-21-16-5-1-2-6-18(16)32-33-21/h1-12H,(H2,29,30,31,32,33). The molecule has 3 heterocycles. The number of para-hydroxylation sites is 1. The number of halogens is 4. The van der Waals surface area contributed by atoms with Crippen LogP contribution in [0.25, 0.3) is 33.4 Å². The average molecular weight is 467 g/mol. The van der Waals surface area contributed by atoms with Crippen molar-refractivity contribution < 1.29 is 13.2 Å². The number of nitrogens with one attached hydrogen (secondary N) is 2. The number of hydrogen-bond donors (Lipinski definition) is 2. The second-order valence-electron chi connectivity index (χ2n) is 7.13. The normalized spacial score (nSPS) is 11.6. The van der Waals surface area contributed by atoms with Crippen LogP contribution in [0, 0.1) is 0 Å². The van der Waals surface area contributed by atoms with Crippen LogP contribution >= 0.6 is 11.6 Å². The lowest BCUT2D eigenvalue weighted by Crippen LogP contribution is -2.08. The number of nitrogens with zero attached hydrogens (tertiary/aromatic N) is 4. The molecule has 0 radical (unpaired) electrons. The smallest absolute Gasteiger partial charge is 0.307 e. The van der Waals surface area contributed by atoms with Crippen molar-refractivity contribution in [2.75, 3.05) is 5.32 Å². The van der Waals surface area contributed by atoms with Gasteiger partial charge in [-0.05, 0) is 42.5 Å². The third kappa shape index (κ3) is 4.22. The van der Waals surface area contributed by atoms with Gasteiger partial charge in [-0.25, -0.2) is 9.97 Å². The lowest BCUT2D eigenvalue weighted by molar-refractivity contribution is -0.137. The Kier molecular flexibility index (Phi) is 5.18. The number of anilines is 2. The highest BCUT2D eigenvalue weighted by Gasteiger charge is 2.34. The topological polar surface area (TPSA) is 79.4 Å². The molecule has 2 aromatic carbocycles. The molecule has 0 aliphatic heterocycles. The lowest BCUT2D eigenvalue weighted by atomic mass is 10.0. The van der Waals surface area contributed by atoms with Gasteiger partial charge in [-0.2, -0.15) is 18.3 Å². The van der Waals surface area contributed by atoms with Gasteiger partial charge in [-0.3, -0.25) is 10.1 Å². The average Bonchev–Trinajstić information content (AvgIpc) is 3.21. The zero-order valence-electron chi connectivity index (χ0n) is 16.7. The summed E-state index contributed by atoms with van der Waals surface area (Å²) in [5.74, 6) is 0.540. The van der Waals surface area contributed by atoms with Crippen LogP contribution < -0.4 is 5.32 Å². The molecule has 0 saturated carbocycles. The summed E-state index contributed by atoms with van der Waals surface area (Å²) in [5, 5.41) is 10.9. The first-order valence-electron chi connectivity index (χ1n) is 9.75. The lowest BCUT2D eigenvalue weighted by Gasteiger charge is -2.15. The molecule has 0 unspecified atom stereocenters. The summed E-state index contributed by atoms with van der Waals surface area (Å²) < 4.78 is 41.3. The zero-order valence-corrected chi connectivity index (χ0v) is 17.5. The van der Waals surface area contributed by atoms with Crippen LogP contribution in [0.4, 0.5) is 24.9 Å². The van der Waals surface area contributed by atoms with E-state index < -0.39 is 11.7 Å². The van der Waals surface area contributed by atoms with E-state index in [0.29, 0.717) is 17.1 Å². The molecule has 0 fully saturated rings. The van der Waals surface area contributed by atoms with Gasteiger partial charge in [0.2, 0.25) is 5.95 Å². The molecule has 0 saturated heterocycles. The second kappa shape index (κ2) is 8.18. The molecule has 0 atom stereocenters. The molecule has 33 heavy (non-hydrogen) atoms. The van der Waals surface area contributed by atoms with E-state index in [9.17, 15) is 13.2 Å². The maximum absolute atomic E-state index is 13.8. The largest absolute Gasteiger partial charge is 0.417 e. The Balaban J connectivity index is 1.68. The fourth-order valence-electron chi connectivity index (χ4n) is 3.44. The molecule has 0 amide bonds. The minimum atomic E-state index is -4.62. The highest BCUT2D eigenvalue weighted by molar-refractivity contribution is 6.30. The predicted octanol–water partition coefficient (Wildman–Crippen LogP) is 6.50. The van der Waals surface area contributed by atoms with Crippen LogP contribution in [-0.4, -0.2) is 25.1 Å². The maximum Gasteiger partial charge on any atom is 0.417 e. The van der Waals surface area contributed by atoms with Gasteiger partial charge in [0.15, 0.2) is 5.82 Å². The molecule has 5 rings (SSSR count). The predicted molar refractivity (Wildman–Crippen MR) is 120 cm³/mol. The minimum Gasteiger partial charge on any atom is -0.307 e. The van der Waals surface area contributed by atoms with Crippen LogP contribution in [0.15, 0.2) is 73.1 Å². The van der Waals surface area contributed by atoms with Crippen LogP contribution in [0.5, 0.6) is 0 Å². The van der Waals surface area contributed by atoms with Crippen molar-refractivity contribution in [3.8, 4) is 22.5 Å². The Morgan fingerprint density at radius 2 is 1.73 bits per heavy atom. The molecule has 0 aliphatic carbocycles. The SMILES string of the molecule is FC(F)(F)c1cc(Cl)ccc1-c1cc(-c2cccnc2)nc(Nc2n[nH]c3ccccc23)n1. The molecule has 0 bridgehead atoms. The van der Waals surface area contributed by atoms with Crippen molar-refractivity contribution in [3.63, 3.8) is 0 Å². The molecule has 10 heteroatoms. The highest BCUT2D eigenvalue weighted by atomic mass is 35.5. The van der Waals surface area contributed by atoms with E-state index in [1.54, 1.807) is 24.5 Å². The Bertz CT molecular complexity index is 1450. The van der Waals surface area contributed by atoms with Crippen molar-refractivity contribution in [1.29, 1.82) is 0 Å². The van der Waals surface area contributed by atoms with Crippen molar-refractivity contribution in [2.45, 2.75) is 6.18 Å². The Morgan fingerprint density at radius 1 is 0.909 bits per heavy atom. The molecule has 2 N–H and O–H groups in total. The number of benzene rings is 2. The van der Waals surface area contributed by atoms with Crippen molar-refractivity contribution in [2.24, 2.45) is 0 Å². The van der Waals surface area contributed by atoms with Crippen molar-refractivity contribution in [3.05, 3.63) is 83.6 Å². The maximum atomic E-state index is 13.8. The summed E-state index contributed by atoms with van der Waals surface area (Å²) in [7, 11) is 0. The number of alkyl halides is 3. The van der Waals surface area contributed by atoms with Crippen molar-refractivity contribution in [1.82, 2.24) is 25.1 Å². The summed E-state index contributed by atoms with van der Waals surface area (Å²) in [6.45, 7) is 0. The molecule has 3 aromatic heterocycles. The monoisotopic (exact) mass is 466 g/mol. The fraction of sp³-hybridized carbons (Fsp3) is 0.0435. The van der Waals surface area contributed by atoms with Crippen LogP contribution in [0.1, 0.15) is 5.56 Å². The number of aromatic amines is 1. The number of rotatable bonds is 4. The fourth-order valence-corrected chi connectivity index (χ4v) is 3.61. The first-order chi connectivity index (χ1) is 15.9. The summed E-state index contributed by atoms with van der Waals surface area (Å²) in [6, 6.07) is 16.0. The van der Waals surface area contributed by atoms with Gasteiger partial charge in [-0.1, -0.05) is 29.8 Å². The molecule has 0 spiro atoms. The van der Waals surface area contributed by atoms with Crippen molar-refractivity contribution >= 4 is 34.3 Å². The summed E-state index contributed by atoms with van der Waals surface area (Å²) in [6.07, 6.45) is -1.44. The molecule has 5 aromatic rings. The van der Waals surface area contributed by atoms with E-state index in [1.165, 1.54) is 18.2 Å². The Hall–Kier alpha value is -3.98. The third-order valence-electron chi connectivity index (χ3n) is 4.95. The van der Waals surface area contributed by atoms with Gasteiger partial charge in [0, 0.05) is 33.9 Å². The van der Waals surface area contributed by atoms with E-state index >= 15 is 0 Å². The van der Waals surface area contributed by atoms with E-state index in [1.807, 2.05) is 24.3 Å². The quantitative estimate of drug-likeness (QED) is 0.316. The van der Waals surface area contributed by atoms with Gasteiger partial charge in [0.25, 0.3) is 0 Å². The number of hydrogen-bond acceptors (Lipinski definition) is 5. The number of H-pyrrole nitrogens is 1. The van der Waals surface area contributed by atoms with E-state index in [4.69, 9.17) is 11.6 Å². The number of fused-ring (bicyclic) bond motifs is 1. The zero-order chi connectivity index (χ0) is 23.0. The van der Waals surface area contributed by atoms with Gasteiger partial charge >= 0.3 is 6.18 Å². The molecular weight excluding hydrogens is 453 g/mol. The second-order valence-corrected chi connectivity index (χ2v) is 7.57. The van der Waals surface area contributed by atoms with Gasteiger partial charge < -0.3 is 5.32 Å². The molecule has 164 valence electrons. The summed E-state index contributed by atoms with van der Waals surface area (Å²) in [4.78, 5) is 13.0. The summed E-state index contributed by atoms with van der Waals surface area (Å²) in [5.41, 5.74) is 0.893. The molecule has 6 nitrogen and oxygen atoms in total. The number of pyridine rings is 1. The third-order valence-corrected chi connectivity index (χ3v) is 5.18. The Morgan fingerprint density at radius 3 is 2.52 bits per heavy atom. The number of aromatic nitrogens is 5. The van der Waals surface area contributed by atoms with Gasteiger partial charge in [0.05, 0.1) is 22.5 Å². The van der Waals surface area contributed by atoms with Crippen LogP contribution in [-0.2, 0) is 6.18 Å². The highest BCUT2D eigenvalue weighted by Crippen LogP contribution is 2.39. The van der Waals surface area contributed by atoms with Gasteiger partial charge in [0.1, 0.15) is 0 Å². The summed E-state index contributed by atoms with van der Waals surface area (Å²) >= 11 is 5.85. The first kappa shape index (κ1) is 20.9. The molecular formula is C23H14ClF3N6. The Labute approximate surface area is 190 Å². The van der Waals surface area contributed by atoms with E-state index in [-0.39, 0.29) is 22.2 Å². The van der Waals surface area contributed by atoms with E-state index in [2.05, 4.69) is 30.5 Å². The van der Waals surface area contributed by atoms with Crippen LogP contribution in [0.2, 0.25) is 5.02 Å². The van der Waals surface area contributed by atoms with Crippen LogP contribution in [0.3, 0.4) is 0 Å². The van der Waals surface area contributed by atoms with E-state index in [0.717, 1.165) is 17.0 Å².